The molecular weight excluding hydrogens is 522 g/mol. The molecule has 0 aliphatic rings. The summed E-state index contributed by atoms with van der Waals surface area (Å²) in [5, 5.41) is 0. The van der Waals surface area contributed by atoms with E-state index in [0.29, 0.717) is 25.4 Å². The van der Waals surface area contributed by atoms with Crippen LogP contribution in [0.25, 0.3) is 5.57 Å². The first kappa shape index (κ1) is 32.9. The zero-order valence-corrected chi connectivity index (χ0v) is 26.3. The number of likely N-dealkylation sites (N-methyl/N-ethyl adjacent to an activating group) is 1. The molecule has 5 heteroatoms. The van der Waals surface area contributed by atoms with Crippen molar-refractivity contribution in [3.05, 3.63) is 95.1 Å². The van der Waals surface area contributed by atoms with Gasteiger partial charge in [0, 0.05) is 13.0 Å². The third-order valence-corrected chi connectivity index (χ3v) is 7.16. The van der Waals surface area contributed by atoms with Crippen molar-refractivity contribution in [3.63, 3.8) is 0 Å². The van der Waals surface area contributed by atoms with Crippen molar-refractivity contribution >= 4 is 11.5 Å². The van der Waals surface area contributed by atoms with E-state index in [-0.39, 0.29) is 5.97 Å². The summed E-state index contributed by atoms with van der Waals surface area (Å²) in [5.41, 5.74) is 5.77. The van der Waals surface area contributed by atoms with Gasteiger partial charge in [-0.25, -0.2) is 0 Å². The van der Waals surface area contributed by atoms with Crippen LogP contribution in [0.4, 0.5) is 0 Å². The average Bonchev–Trinajstić information content (AvgIpc) is 2.97. The average molecular weight is 572 g/mol. The van der Waals surface area contributed by atoms with Crippen molar-refractivity contribution in [3.8, 4) is 17.2 Å². The van der Waals surface area contributed by atoms with Gasteiger partial charge in [0.05, 0.1) is 6.61 Å². The summed E-state index contributed by atoms with van der Waals surface area (Å²) >= 11 is 0. The van der Waals surface area contributed by atoms with E-state index < -0.39 is 0 Å². The Labute approximate surface area is 253 Å². The van der Waals surface area contributed by atoms with Crippen LogP contribution in [0.3, 0.4) is 0 Å². The second-order valence-corrected chi connectivity index (χ2v) is 11.1. The zero-order valence-electron chi connectivity index (χ0n) is 26.3. The highest BCUT2D eigenvalue weighted by Crippen LogP contribution is 2.32. The maximum absolute atomic E-state index is 12.4. The Morgan fingerprint density at radius 1 is 0.738 bits per heavy atom. The number of rotatable bonds is 18. The minimum absolute atomic E-state index is 0.163. The van der Waals surface area contributed by atoms with E-state index in [2.05, 4.69) is 43.0 Å². The van der Waals surface area contributed by atoms with E-state index in [9.17, 15) is 4.79 Å². The van der Waals surface area contributed by atoms with E-state index in [1.165, 1.54) is 36.8 Å². The summed E-state index contributed by atoms with van der Waals surface area (Å²) in [6.07, 6.45) is 8.12. The van der Waals surface area contributed by atoms with Gasteiger partial charge in [-0.15, -0.1) is 0 Å². The number of ether oxygens (including phenoxy) is 3. The Balaban J connectivity index is 1.78. The molecule has 0 aromatic heterocycles. The third-order valence-electron chi connectivity index (χ3n) is 7.16. The second kappa shape index (κ2) is 18.1. The van der Waals surface area contributed by atoms with Gasteiger partial charge in [0.15, 0.2) is 0 Å². The standard InChI is InChI=1S/C37H49NO4/c1-6-8-9-10-11-12-16-36(39)42-34-23-19-32(20-24-34)37(29(3)27-30-14-13-15-35(28-30)40-7-2)31-17-21-33(22-18-31)41-26-25-38(4)5/h13-15,17-24,28H,6-12,16,25-27H2,1-5H3/b37-29-. The van der Waals surface area contributed by atoms with Crippen LogP contribution in [0.2, 0.25) is 0 Å². The Bertz CT molecular complexity index is 1250. The van der Waals surface area contributed by atoms with E-state index >= 15 is 0 Å². The number of allylic oxidation sites excluding steroid dienone is 1. The maximum atomic E-state index is 12.4. The fourth-order valence-corrected chi connectivity index (χ4v) is 4.95. The molecule has 0 fully saturated rings. The molecule has 226 valence electrons. The summed E-state index contributed by atoms with van der Waals surface area (Å²) in [6, 6.07) is 24.5. The van der Waals surface area contributed by atoms with Crippen LogP contribution in [0.5, 0.6) is 17.2 Å². The van der Waals surface area contributed by atoms with Gasteiger partial charge in [-0.3, -0.25) is 4.79 Å². The smallest absolute Gasteiger partial charge is 0.311 e. The van der Waals surface area contributed by atoms with Gasteiger partial charge in [-0.2, -0.15) is 0 Å². The number of esters is 1. The Hall–Kier alpha value is -3.57. The lowest BCUT2D eigenvalue weighted by Gasteiger charge is -2.16. The Morgan fingerprint density at radius 3 is 2.02 bits per heavy atom. The lowest BCUT2D eigenvalue weighted by Crippen LogP contribution is -2.19. The number of benzene rings is 3. The molecule has 0 bridgehead atoms. The molecule has 3 rings (SSSR count). The van der Waals surface area contributed by atoms with Crippen LogP contribution in [-0.2, 0) is 11.2 Å². The minimum atomic E-state index is -0.163. The van der Waals surface area contributed by atoms with Gasteiger partial charge in [0.2, 0.25) is 0 Å². The van der Waals surface area contributed by atoms with E-state index in [0.717, 1.165) is 54.0 Å². The number of hydrogen-bond donors (Lipinski definition) is 0. The first-order chi connectivity index (χ1) is 20.4. The first-order valence-electron chi connectivity index (χ1n) is 15.5. The van der Waals surface area contributed by atoms with Crippen LogP contribution in [0.15, 0.2) is 78.4 Å². The summed E-state index contributed by atoms with van der Waals surface area (Å²) < 4.78 is 17.3. The van der Waals surface area contributed by atoms with Gasteiger partial charge in [-0.05, 0) is 99.4 Å². The molecule has 0 N–H and O–H groups in total. The van der Waals surface area contributed by atoms with Crippen LogP contribution in [0.1, 0.15) is 82.4 Å². The third kappa shape index (κ3) is 11.4. The summed E-state index contributed by atoms with van der Waals surface area (Å²) in [5.74, 6) is 2.16. The number of unbranched alkanes of at least 4 members (excludes halogenated alkanes) is 5. The van der Waals surface area contributed by atoms with Gasteiger partial charge < -0.3 is 19.1 Å². The normalized spacial score (nSPS) is 11.8. The van der Waals surface area contributed by atoms with Gasteiger partial charge >= 0.3 is 5.97 Å². The molecule has 42 heavy (non-hydrogen) atoms. The van der Waals surface area contributed by atoms with Crippen LogP contribution >= 0.6 is 0 Å². The first-order valence-corrected chi connectivity index (χ1v) is 15.5. The summed E-state index contributed by atoms with van der Waals surface area (Å²) in [6.45, 7) is 8.54. The largest absolute Gasteiger partial charge is 0.494 e. The molecule has 0 saturated heterocycles. The van der Waals surface area contributed by atoms with E-state index in [1.807, 2.05) is 69.6 Å². The second-order valence-electron chi connectivity index (χ2n) is 11.1. The van der Waals surface area contributed by atoms with Crippen molar-refractivity contribution in [1.82, 2.24) is 4.90 Å². The predicted molar refractivity (Wildman–Crippen MR) is 174 cm³/mol. The molecule has 3 aromatic rings. The van der Waals surface area contributed by atoms with Crippen molar-refractivity contribution in [2.45, 2.75) is 72.1 Å². The topological polar surface area (TPSA) is 48.0 Å². The molecular formula is C37H49NO4. The molecule has 0 radical (unpaired) electrons. The van der Waals surface area contributed by atoms with Crippen molar-refractivity contribution in [2.24, 2.45) is 0 Å². The zero-order chi connectivity index (χ0) is 30.2. The molecule has 3 aromatic carbocycles. The highest BCUT2D eigenvalue weighted by atomic mass is 16.5. The van der Waals surface area contributed by atoms with E-state index in [4.69, 9.17) is 14.2 Å². The molecule has 0 heterocycles. The number of carbonyl (C=O) groups excluding carboxylic acids is 1. The fourth-order valence-electron chi connectivity index (χ4n) is 4.95. The lowest BCUT2D eigenvalue weighted by atomic mass is 9.90. The molecule has 0 amide bonds. The van der Waals surface area contributed by atoms with Crippen LogP contribution < -0.4 is 14.2 Å². The van der Waals surface area contributed by atoms with Crippen molar-refractivity contribution < 1.29 is 19.0 Å². The van der Waals surface area contributed by atoms with Crippen molar-refractivity contribution in [1.29, 1.82) is 0 Å². The molecule has 0 unspecified atom stereocenters. The van der Waals surface area contributed by atoms with Crippen LogP contribution in [-0.4, -0.2) is 44.7 Å². The molecule has 0 saturated carbocycles. The van der Waals surface area contributed by atoms with E-state index in [1.54, 1.807) is 0 Å². The molecule has 0 spiro atoms. The predicted octanol–water partition coefficient (Wildman–Crippen LogP) is 8.75. The maximum Gasteiger partial charge on any atom is 0.311 e. The molecule has 0 atom stereocenters. The highest BCUT2D eigenvalue weighted by Gasteiger charge is 2.13. The number of carbonyl (C=O) groups is 1. The van der Waals surface area contributed by atoms with Gasteiger partial charge in [0.1, 0.15) is 23.9 Å². The van der Waals surface area contributed by atoms with Crippen molar-refractivity contribution in [2.75, 3.05) is 33.9 Å². The quantitative estimate of drug-likeness (QED) is 0.0868. The van der Waals surface area contributed by atoms with Gasteiger partial charge in [-0.1, -0.05) is 81.0 Å². The lowest BCUT2D eigenvalue weighted by molar-refractivity contribution is -0.134. The number of nitrogens with zero attached hydrogens (tertiary/aromatic N) is 1. The monoisotopic (exact) mass is 571 g/mol. The fraction of sp³-hybridized carbons (Fsp3) is 0.432. The Morgan fingerprint density at radius 2 is 1.38 bits per heavy atom. The summed E-state index contributed by atoms with van der Waals surface area (Å²) in [4.78, 5) is 14.5. The Kier molecular flexibility index (Phi) is 14.2. The summed E-state index contributed by atoms with van der Waals surface area (Å²) in [7, 11) is 4.08. The minimum Gasteiger partial charge on any atom is -0.494 e. The molecule has 0 aliphatic carbocycles. The van der Waals surface area contributed by atoms with Crippen LogP contribution in [0, 0.1) is 0 Å². The van der Waals surface area contributed by atoms with Gasteiger partial charge in [0.25, 0.3) is 0 Å². The SMILES string of the molecule is CCCCCCCCC(=O)Oc1ccc(/C(=C(/C)Cc2cccc(OCC)c2)c2ccc(OCCN(C)C)cc2)cc1. The highest BCUT2D eigenvalue weighted by molar-refractivity contribution is 5.83. The number of hydrogen-bond acceptors (Lipinski definition) is 5. The molecule has 5 nitrogen and oxygen atoms in total. The molecule has 0 aliphatic heterocycles.